The Hall–Kier alpha value is -2.88. The first-order valence-electron chi connectivity index (χ1n) is 6.08. The van der Waals surface area contributed by atoms with Gasteiger partial charge in [0.2, 0.25) is 0 Å². The van der Waals surface area contributed by atoms with Crippen molar-refractivity contribution in [1.82, 2.24) is 4.98 Å². The Morgan fingerprint density at radius 1 is 1.05 bits per heavy atom. The topological polar surface area (TPSA) is 70.4 Å². The number of rotatable bonds is 2. The summed E-state index contributed by atoms with van der Waals surface area (Å²) in [6.07, 6.45) is 1.53. The Bertz CT molecular complexity index is 797. The van der Waals surface area contributed by atoms with Crippen molar-refractivity contribution in [1.29, 1.82) is 0 Å². The van der Waals surface area contributed by atoms with E-state index >= 15 is 0 Å². The number of hydrogen-bond donors (Lipinski definition) is 2. The van der Waals surface area contributed by atoms with Crippen molar-refractivity contribution in [2.45, 2.75) is 0 Å². The lowest BCUT2D eigenvalue weighted by Gasteiger charge is -2.10. The maximum Gasteiger partial charge on any atom is 0.339 e. The molecule has 2 aromatic carbocycles. The van der Waals surface area contributed by atoms with Crippen LogP contribution in [-0.2, 0) is 0 Å². The van der Waals surface area contributed by atoms with Crippen molar-refractivity contribution in [3.05, 3.63) is 60.3 Å². The van der Waals surface area contributed by atoms with Gasteiger partial charge in [0.05, 0.1) is 0 Å². The molecular formula is C16H11NO3. The number of pyridine rings is 1. The maximum absolute atomic E-state index is 11.3. The van der Waals surface area contributed by atoms with Crippen LogP contribution in [0.5, 0.6) is 5.75 Å². The quantitative estimate of drug-likeness (QED) is 0.745. The van der Waals surface area contributed by atoms with Gasteiger partial charge in [-0.05, 0) is 23.3 Å². The number of nitrogens with zero attached hydrogens (tertiary/aromatic N) is 1. The van der Waals surface area contributed by atoms with Crippen LogP contribution in [-0.4, -0.2) is 21.2 Å². The molecule has 0 saturated heterocycles. The summed E-state index contributed by atoms with van der Waals surface area (Å²) in [6.45, 7) is 0. The van der Waals surface area contributed by atoms with Gasteiger partial charge in [0.25, 0.3) is 0 Å². The van der Waals surface area contributed by atoms with Gasteiger partial charge in [-0.15, -0.1) is 0 Å². The van der Waals surface area contributed by atoms with E-state index in [0.717, 1.165) is 16.5 Å². The molecule has 0 saturated carbocycles. The number of carboxylic acid groups (broad SMARTS) is 1. The second-order valence-corrected chi connectivity index (χ2v) is 4.39. The fourth-order valence-corrected chi connectivity index (χ4v) is 2.25. The number of aromatic hydroxyl groups is 1. The zero-order chi connectivity index (χ0) is 14.1. The SMILES string of the molecule is O=C(O)c1cc(-c2ccccc2)c2cccnc2c1O. The third-order valence-electron chi connectivity index (χ3n) is 3.18. The van der Waals surface area contributed by atoms with Crippen LogP contribution in [0.3, 0.4) is 0 Å². The van der Waals surface area contributed by atoms with Crippen LogP contribution in [0.2, 0.25) is 0 Å². The maximum atomic E-state index is 11.3. The summed E-state index contributed by atoms with van der Waals surface area (Å²) in [5.74, 6) is -1.47. The number of benzene rings is 2. The van der Waals surface area contributed by atoms with Crippen molar-refractivity contribution in [2.24, 2.45) is 0 Å². The minimum absolute atomic E-state index is 0.143. The molecule has 0 spiro atoms. The van der Waals surface area contributed by atoms with E-state index in [2.05, 4.69) is 4.98 Å². The molecule has 0 aliphatic carbocycles. The van der Waals surface area contributed by atoms with E-state index in [4.69, 9.17) is 0 Å². The Labute approximate surface area is 115 Å². The molecule has 1 aromatic heterocycles. The van der Waals surface area contributed by atoms with E-state index in [1.807, 2.05) is 36.4 Å². The van der Waals surface area contributed by atoms with E-state index in [1.165, 1.54) is 12.3 Å². The molecule has 3 aromatic rings. The summed E-state index contributed by atoms with van der Waals surface area (Å²) in [5.41, 5.74) is 1.78. The van der Waals surface area contributed by atoms with E-state index in [1.54, 1.807) is 6.07 Å². The summed E-state index contributed by atoms with van der Waals surface area (Å²) in [5, 5.41) is 20.0. The van der Waals surface area contributed by atoms with Crippen LogP contribution in [0.4, 0.5) is 0 Å². The molecule has 3 rings (SSSR count). The van der Waals surface area contributed by atoms with Gasteiger partial charge in [-0.1, -0.05) is 36.4 Å². The molecule has 2 N–H and O–H groups in total. The van der Waals surface area contributed by atoms with Gasteiger partial charge in [-0.3, -0.25) is 4.98 Å². The molecule has 0 amide bonds. The summed E-state index contributed by atoms with van der Waals surface area (Å²) in [7, 11) is 0. The number of phenols is 1. The van der Waals surface area contributed by atoms with Gasteiger partial charge >= 0.3 is 5.97 Å². The van der Waals surface area contributed by atoms with E-state index in [-0.39, 0.29) is 11.3 Å². The Kier molecular flexibility index (Phi) is 2.84. The summed E-state index contributed by atoms with van der Waals surface area (Å²) >= 11 is 0. The molecule has 0 unspecified atom stereocenters. The molecule has 98 valence electrons. The van der Waals surface area contributed by atoms with Crippen LogP contribution >= 0.6 is 0 Å². The smallest absolute Gasteiger partial charge is 0.339 e. The standard InChI is InChI=1S/C16H11NO3/c18-15-13(16(19)20)9-12(10-5-2-1-3-6-10)11-7-4-8-17-14(11)15/h1-9,18H,(H,19,20). The molecule has 20 heavy (non-hydrogen) atoms. The normalized spacial score (nSPS) is 10.6. The van der Waals surface area contributed by atoms with Gasteiger partial charge in [-0.25, -0.2) is 4.79 Å². The number of aromatic nitrogens is 1. The number of fused-ring (bicyclic) bond motifs is 1. The highest BCUT2D eigenvalue weighted by molar-refractivity contribution is 6.05. The van der Waals surface area contributed by atoms with Crippen molar-refractivity contribution >= 4 is 16.9 Å². The van der Waals surface area contributed by atoms with E-state index in [9.17, 15) is 15.0 Å². The van der Waals surface area contributed by atoms with Gasteiger partial charge < -0.3 is 10.2 Å². The van der Waals surface area contributed by atoms with Crippen molar-refractivity contribution in [3.63, 3.8) is 0 Å². The molecule has 0 aliphatic rings. The highest BCUT2D eigenvalue weighted by Gasteiger charge is 2.17. The zero-order valence-corrected chi connectivity index (χ0v) is 10.4. The van der Waals surface area contributed by atoms with Crippen LogP contribution in [0.1, 0.15) is 10.4 Å². The summed E-state index contributed by atoms with van der Waals surface area (Å²) < 4.78 is 0. The van der Waals surface area contributed by atoms with Crippen LogP contribution < -0.4 is 0 Å². The molecule has 0 fully saturated rings. The zero-order valence-electron chi connectivity index (χ0n) is 10.4. The fourth-order valence-electron chi connectivity index (χ4n) is 2.25. The molecule has 0 bridgehead atoms. The van der Waals surface area contributed by atoms with Crippen LogP contribution in [0.15, 0.2) is 54.7 Å². The summed E-state index contributed by atoms with van der Waals surface area (Å²) in [4.78, 5) is 15.4. The predicted octanol–water partition coefficient (Wildman–Crippen LogP) is 3.31. The first kappa shape index (κ1) is 12.2. The lowest BCUT2D eigenvalue weighted by atomic mass is 9.97. The lowest BCUT2D eigenvalue weighted by molar-refractivity contribution is 0.0694. The first-order valence-corrected chi connectivity index (χ1v) is 6.08. The van der Waals surface area contributed by atoms with Crippen LogP contribution in [0, 0.1) is 0 Å². The lowest BCUT2D eigenvalue weighted by Crippen LogP contribution is -1.99. The van der Waals surface area contributed by atoms with Crippen molar-refractivity contribution < 1.29 is 15.0 Å². The molecule has 4 heteroatoms. The monoisotopic (exact) mass is 265 g/mol. The van der Waals surface area contributed by atoms with Crippen LogP contribution in [0.25, 0.3) is 22.0 Å². The third kappa shape index (κ3) is 1.87. The molecule has 0 atom stereocenters. The average Bonchev–Trinajstić information content (AvgIpc) is 2.48. The third-order valence-corrected chi connectivity index (χ3v) is 3.18. The Balaban J connectivity index is 2.42. The fraction of sp³-hybridized carbons (Fsp3) is 0. The molecule has 0 aliphatic heterocycles. The minimum Gasteiger partial charge on any atom is -0.505 e. The van der Waals surface area contributed by atoms with Gasteiger partial charge in [0.1, 0.15) is 11.1 Å². The minimum atomic E-state index is -1.17. The molecule has 1 heterocycles. The van der Waals surface area contributed by atoms with E-state index in [0.29, 0.717) is 5.52 Å². The first-order chi connectivity index (χ1) is 9.68. The second-order valence-electron chi connectivity index (χ2n) is 4.39. The summed E-state index contributed by atoms with van der Waals surface area (Å²) in [6, 6.07) is 14.5. The largest absolute Gasteiger partial charge is 0.505 e. The number of hydrogen-bond acceptors (Lipinski definition) is 3. The highest BCUT2D eigenvalue weighted by atomic mass is 16.4. The predicted molar refractivity (Wildman–Crippen MR) is 75.8 cm³/mol. The van der Waals surface area contributed by atoms with Crippen molar-refractivity contribution in [3.8, 4) is 16.9 Å². The number of carbonyl (C=O) groups is 1. The highest BCUT2D eigenvalue weighted by Crippen LogP contribution is 2.35. The van der Waals surface area contributed by atoms with E-state index < -0.39 is 5.97 Å². The number of aromatic carboxylic acids is 1. The van der Waals surface area contributed by atoms with Crippen molar-refractivity contribution in [2.75, 3.05) is 0 Å². The molecule has 0 radical (unpaired) electrons. The molecule has 4 nitrogen and oxygen atoms in total. The van der Waals surface area contributed by atoms with Gasteiger partial charge in [-0.2, -0.15) is 0 Å². The second kappa shape index (κ2) is 4.66. The Morgan fingerprint density at radius 2 is 1.80 bits per heavy atom. The average molecular weight is 265 g/mol. The van der Waals surface area contributed by atoms with Gasteiger partial charge in [0.15, 0.2) is 5.75 Å². The number of carboxylic acids is 1. The molecular weight excluding hydrogens is 254 g/mol. The Morgan fingerprint density at radius 3 is 2.50 bits per heavy atom. The van der Waals surface area contributed by atoms with Gasteiger partial charge in [0, 0.05) is 11.6 Å².